The second-order valence-corrected chi connectivity index (χ2v) is 1.97. The molecule has 0 amide bonds. The summed E-state index contributed by atoms with van der Waals surface area (Å²) in [5.41, 5.74) is 0. The van der Waals surface area contributed by atoms with E-state index in [2.05, 4.69) is 10.6 Å². The Hall–Kier alpha value is -0.590. The summed E-state index contributed by atoms with van der Waals surface area (Å²) in [5.74, 6) is 0. The molecule has 1 heterocycles. The van der Waals surface area contributed by atoms with E-state index < -0.39 is 6.37 Å². The molecule has 1 unspecified atom stereocenters. The first-order valence-corrected chi connectivity index (χ1v) is 3.02. The Morgan fingerprint density at radius 3 is 3.22 bits per heavy atom. The summed E-state index contributed by atoms with van der Waals surface area (Å²) in [7, 11) is 0. The summed E-state index contributed by atoms with van der Waals surface area (Å²) in [4.78, 5) is 0. The van der Waals surface area contributed by atoms with E-state index in [-0.39, 0.29) is 6.04 Å². The van der Waals surface area contributed by atoms with E-state index in [9.17, 15) is 0 Å². The second kappa shape index (κ2) is 3.44. The molecule has 0 bridgehead atoms. The number of nitriles is 1. The molecule has 0 aliphatic carbocycles. The summed E-state index contributed by atoms with van der Waals surface area (Å²) in [5, 5.41) is 14.4. The predicted octanol–water partition coefficient (Wildman–Crippen LogP) is -0.539. The number of nitrogens with zero attached hydrogens (tertiary/aromatic N) is 1. The number of rotatable bonds is 1. The highest BCUT2D eigenvalue weighted by molar-refractivity contribution is 4.84. The third kappa shape index (κ3) is 2.00. The van der Waals surface area contributed by atoms with E-state index in [1.54, 1.807) is 6.07 Å². The van der Waals surface area contributed by atoms with Gasteiger partial charge in [-0.15, -0.1) is 0 Å². The largest absolute Gasteiger partial charge is 0.314 e. The van der Waals surface area contributed by atoms with Crippen molar-refractivity contribution in [2.24, 2.45) is 0 Å². The fourth-order valence-corrected chi connectivity index (χ4v) is 0.833. The Labute approximate surface area is 57.9 Å². The lowest BCUT2D eigenvalue weighted by atomic mass is 10.2. The molecule has 3 nitrogen and oxygen atoms in total. The second-order valence-electron chi connectivity index (χ2n) is 1.97. The van der Waals surface area contributed by atoms with E-state index in [0.717, 1.165) is 13.1 Å². The molecule has 0 aromatic heterocycles. The molecule has 0 saturated carbocycles. The Bertz CT molecular complexity index is 169. The standard InChI is InChI=1S/C6H11N3/c7-2-1-6-5-8-3-4-9-6/h6,8-9H,1,3-5H2/i1D2. The molecule has 0 radical (unpaired) electrons. The van der Waals surface area contributed by atoms with Gasteiger partial charge in [0.25, 0.3) is 0 Å². The molecule has 1 fully saturated rings. The number of hydrogen-bond donors (Lipinski definition) is 2. The van der Waals surface area contributed by atoms with Gasteiger partial charge >= 0.3 is 0 Å². The van der Waals surface area contributed by atoms with Gasteiger partial charge in [-0.3, -0.25) is 0 Å². The third-order valence-electron chi connectivity index (χ3n) is 1.28. The minimum atomic E-state index is -1.76. The van der Waals surface area contributed by atoms with Gasteiger partial charge in [0.1, 0.15) is 0 Å². The SMILES string of the molecule is [2H]C([2H])(C#N)C1CNCCN1. The first-order valence-electron chi connectivity index (χ1n) is 4.02. The first-order chi connectivity index (χ1) is 5.17. The topological polar surface area (TPSA) is 47.9 Å². The van der Waals surface area contributed by atoms with Crippen LogP contribution >= 0.6 is 0 Å². The van der Waals surface area contributed by atoms with Gasteiger partial charge in [0.15, 0.2) is 0 Å². The normalized spacial score (nSPS) is 32.1. The molecule has 9 heavy (non-hydrogen) atoms. The van der Waals surface area contributed by atoms with Gasteiger partial charge in [-0.1, -0.05) is 0 Å². The zero-order chi connectivity index (χ0) is 8.32. The lowest BCUT2D eigenvalue weighted by molar-refractivity contribution is 0.423. The van der Waals surface area contributed by atoms with Gasteiger partial charge in [0.05, 0.1) is 12.4 Å². The van der Waals surface area contributed by atoms with Crippen LogP contribution in [0.3, 0.4) is 0 Å². The van der Waals surface area contributed by atoms with Crippen LogP contribution in [0.25, 0.3) is 0 Å². The molecular formula is C6H11N3. The van der Waals surface area contributed by atoms with E-state index in [0.29, 0.717) is 6.54 Å². The highest BCUT2D eigenvalue weighted by Gasteiger charge is 2.09. The van der Waals surface area contributed by atoms with Crippen LogP contribution in [0.15, 0.2) is 0 Å². The van der Waals surface area contributed by atoms with Gasteiger partial charge in [-0.05, 0) is 0 Å². The smallest absolute Gasteiger partial charge is 0.0638 e. The summed E-state index contributed by atoms with van der Waals surface area (Å²) in [6.07, 6.45) is -1.76. The molecule has 50 valence electrons. The van der Waals surface area contributed by atoms with E-state index in [4.69, 9.17) is 8.00 Å². The molecule has 0 spiro atoms. The first kappa shape index (κ1) is 4.26. The fraction of sp³-hybridized carbons (Fsp3) is 0.833. The maximum atomic E-state index is 8.45. The Balaban J connectivity index is 2.52. The van der Waals surface area contributed by atoms with Crippen molar-refractivity contribution < 1.29 is 2.74 Å². The monoisotopic (exact) mass is 127 g/mol. The zero-order valence-electron chi connectivity index (χ0n) is 7.15. The van der Waals surface area contributed by atoms with Crippen molar-refractivity contribution in [1.29, 1.82) is 5.26 Å². The van der Waals surface area contributed by atoms with Crippen LogP contribution in [0.1, 0.15) is 9.11 Å². The van der Waals surface area contributed by atoms with Gasteiger partial charge in [-0.2, -0.15) is 5.26 Å². The van der Waals surface area contributed by atoms with Crippen molar-refractivity contribution in [3.63, 3.8) is 0 Å². The average molecular weight is 127 g/mol. The lowest BCUT2D eigenvalue weighted by Crippen LogP contribution is -2.47. The summed E-state index contributed by atoms with van der Waals surface area (Å²) >= 11 is 0. The van der Waals surface area contributed by atoms with E-state index in [1.807, 2.05) is 0 Å². The van der Waals surface area contributed by atoms with Crippen molar-refractivity contribution >= 4 is 0 Å². The van der Waals surface area contributed by atoms with Crippen molar-refractivity contribution in [3.8, 4) is 6.07 Å². The van der Waals surface area contributed by atoms with Crippen molar-refractivity contribution in [1.82, 2.24) is 10.6 Å². The van der Waals surface area contributed by atoms with Crippen LogP contribution in [-0.4, -0.2) is 25.7 Å². The molecule has 1 rings (SSSR count). The summed E-state index contributed by atoms with van der Waals surface area (Å²) in [6, 6.07) is 1.27. The van der Waals surface area contributed by atoms with E-state index in [1.165, 1.54) is 0 Å². The molecule has 0 aromatic rings. The van der Waals surface area contributed by atoms with Gasteiger partial charge in [0, 0.05) is 28.4 Å². The lowest BCUT2D eigenvalue weighted by Gasteiger charge is -2.21. The highest BCUT2D eigenvalue weighted by atomic mass is 15.0. The van der Waals surface area contributed by atoms with E-state index >= 15 is 0 Å². The fourth-order valence-electron chi connectivity index (χ4n) is 0.833. The highest BCUT2D eigenvalue weighted by Crippen LogP contribution is 1.90. The van der Waals surface area contributed by atoms with Crippen LogP contribution in [0.5, 0.6) is 0 Å². The van der Waals surface area contributed by atoms with Crippen LogP contribution in [-0.2, 0) is 0 Å². The maximum Gasteiger partial charge on any atom is 0.0638 e. The van der Waals surface area contributed by atoms with Gasteiger partial charge in [0.2, 0.25) is 0 Å². The van der Waals surface area contributed by atoms with Crippen LogP contribution in [0.2, 0.25) is 0 Å². The Morgan fingerprint density at radius 2 is 2.67 bits per heavy atom. The van der Waals surface area contributed by atoms with Gasteiger partial charge < -0.3 is 10.6 Å². The van der Waals surface area contributed by atoms with Crippen LogP contribution in [0, 0.1) is 11.3 Å². The van der Waals surface area contributed by atoms with Gasteiger partial charge in [-0.25, -0.2) is 0 Å². The minimum absolute atomic E-state index is 0.374. The molecule has 1 saturated heterocycles. The average Bonchev–Trinajstić information content (AvgIpc) is 2.06. The molecule has 2 N–H and O–H groups in total. The number of nitrogens with one attached hydrogen (secondary N) is 2. The quantitative estimate of drug-likeness (QED) is 0.497. The van der Waals surface area contributed by atoms with Crippen molar-refractivity contribution in [2.45, 2.75) is 12.4 Å². The molecule has 1 atom stereocenters. The zero-order valence-corrected chi connectivity index (χ0v) is 5.15. The molecule has 0 aromatic carbocycles. The summed E-state index contributed by atoms with van der Waals surface area (Å²) in [6.45, 7) is 2.10. The summed E-state index contributed by atoms with van der Waals surface area (Å²) < 4.78 is 14.5. The minimum Gasteiger partial charge on any atom is -0.314 e. The van der Waals surface area contributed by atoms with Crippen molar-refractivity contribution in [2.75, 3.05) is 19.6 Å². The Morgan fingerprint density at radius 1 is 1.78 bits per heavy atom. The molecule has 1 aliphatic rings. The predicted molar refractivity (Wildman–Crippen MR) is 34.9 cm³/mol. The maximum absolute atomic E-state index is 8.45. The Kier molecular flexibility index (Phi) is 1.63. The van der Waals surface area contributed by atoms with Crippen molar-refractivity contribution in [3.05, 3.63) is 0 Å². The molecule has 3 heteroatoms. The molecular weight excluding hydrogens is 114 g/mol. The number of piperazine rings is 1. The van der Waals surface area contributed by atoms with Crippen LogP contribution in [0.4, 0.5) is 0 Å². The molecule has 1 aliphatic heterocycles. The number of hydrogen-bond acceptors (Lipinski definition) is 3. The third-order valence-corrected chi connectivity index (χ3v) is 1.28. The van der Waals surface area contributed by atoms with Crippen LogP contribution < -0.4 is 10.6 Å².